The fourth-order valence-corrected chi connectivity index (χ4v) is 7.87. The minimum absolute atomic E-state index is 0.0607. The van der Waals surface area contributed by atoms with Crippen molar-refractivity contribution in [2.75, 3.05) is 0 Å². The minimum Gasteiger partial charge on any atom is -0.308 e. The Morgan fingerprint density at radius 1 is 0.328 bits per heavy atom. The Bertz CT molecular complexity index is 3560. The van der Waals surface area contributed by atoms with E-state index in [-0.39, 0.29) is 23.0 Å². The molecule has 6 nitrogen and oxygen atoms in total. The number of hydrogen-bond acceptors (Lipinski definition) is 5. The summed E-state index contributed by atoms with van der Waals surface area (Å²) >= 11 is 0. The first kappa shape index (κ1) is 30.7. The molecule has 0 spiro atoms. The van der Waals surface area contributed by atoms with E-state index in [0.29, 0.717) is 22.5 Å². The summed E-state index contributed by atoms with van der Waals surface area (Å²) in [7, 11) is 0. The first-order valence-electron chi connectivity index (χ1n) is 22.4. The average Bonchev–Trinajstić information content (AvgIpc) is 3.71. The Labute approximate surface area is 360 Å². The van der Waals surface area contributed by atoms with Gasteiger partial charge in [0, 0.05) is 44.2 Å². The molecule has 0 amide bonds. The Morgan fingerprint density at radius 2 is 0.836 bits per heavy atom. The molecule has 61 heavy (non-hydrogen) atoms. The van der Waals surface area contributed by atoms with Crippen molar-refractivity contribution in [3.8, 4) is 84.9 Å². The molecule has 11 rings (SSSR count). The van der Waals surface area contributed by atoms with Crippen molar-refractivity contribution in [2.24, 2.45) is 0 Å². The molecule has 0 fully saturated rings. The van der Waals surface area contributed by atoms with Crippen molar-refractivity contribution in [1.82, 2.24) is 29.5 Å². The molecule has 0 saturated carbocycles. The van der Waals surface area contributed by atoms with Crippen LogP contribution in [0.3, 0.4) is 0 Å². The monoisotopic (exact) mass is 785 g/mol. The van der Waals surface area contributed by atoms with E-state index in [1.807, 2.05) is 146 Å². The fraction of sp³-hybridized carbons (Fsp3) is 0. The molecular weight excluding hydrogens is 745 g/mol. The second-order valence-corrected chi connectivity index (χ2v) is 14.5. The highest BCUT2D eigenvalue weighted by Gasteiger charge is 2.22. The van der Waals surface area contributed by atoms with Crippen molar-refractivity contribution in [3.63, 3.8) is 0 Å². The van der Waals surface area contributed by atoms with Gasteiger partial charge in [0.25, 0.3) is 0 Å². The van der Waals surface area contributed by atoms with Crippen LogP contribution in [-0.4, -0.2) is 29.5 Å². The third-order valence-electron chi connectivity index (χ3n) is 10.8. The van der Waals surface area contributed by atoms with Crippen LogP contribution in [-0.2, 0) is 0 Å². The molecule has 0 atom stereocenters. The molecule has 0 radical (unpaired) electrons. The summed E-state index contributed by atoms with van der Waals surface area (Å²) in [6.45, 7) is 0. The van der Waals surface area contributed by atoms with Crippen molar-refractivity contribution < 1.29 is 6.85 Å². The summed E-state index contributed by atoms with van der Waals surface area (Å²) in [5.74, 6) is 0.894. The minimum atomic E-state index is -0.504. The van der Waals surface area contributed by atoms with Gasteiger partial charge in [0.05, 0.1) is 35.0 Å². The Balaban J connectivity index is 1.24. The van der Waals surface area contributed by atoms with Crippen LogP contribution in [0.5, 0.6) is 0 Å². The number of rotatable bonds is 8. The summed E-state index contributed by atoms with van der Waals surface area (Å²) in [4.78, 5) is 25.4. The van der Waals surface area contributed by atoms with Gasteiger partial charge in [-0.1, -0.05) is 182 Å². The second-order valence-electron chi connectivity index (χ2n) is 14.5. The molecule has 0 aliphatic rings. The number of para-hydroxylation sites is 1. The number of fused-ring (bicyclic) bond motifs is 3. The van der Waals surface area contributed by atoms with E-state index in [4.69, 9.17) is 31.8 Å². The molecule has 0 aliphatic carbocycles. The predicted octanol–water partition coefficient (Wildman–Crippen LogP) is 13.4. The van der Waals surface area contributed by atoms with Gasteiger partial charge in [-0.15, -0.1) is 0 Å². The summed E-state index contributed by atoms with van der Waals surface area (Å²) in [6, 6.07) is 60.1. The van der Waals surface area contributed by atoms with Gasteiger partial charge < -0.3 is 4.57 Å². The molecule has 286 valence electrons. The highest BCUT2D eigenvalue weighted by Crippen LogP contribution is 2.40. The summed E-state index contributed by atoms with van der Waals surface area (Å²) in [5.41, 5.74) is 9.88. The van der Waals surface area contributed by atoms with Crippen molar-refractivity contribution in [3.05, 3.63) is 218 Å². The number of hydrogen-bond donors (Lipinski definition) is 0. The van der Waals surface area contributed by atoms with Gasteiger partial charge in [-0.3, -0.25) is 0 Å². The van der Waals surface area contributed by atoms with E-state index in [9.17, 15) is 0 Å². The van der Waals surface area contributed by atoms with Gasteiger partial charge >= 0.3 is 0 Å². The first-order valence-corrected chi connectivity index (χ1v) is 19.9. The molecule has 11 aromatic rings. The lowest BCUT2D eigenvalue weighted by Gasteiger charge is -2.17. The highest BCUT2D eigenvalue weighted by atomic mass is 15.1. The van der Waals surface area contributed by atoms with Crippen LogP contribution in [0.4, 0.5) is 0 Å². The third kappa shape index (κ3) is 6.82. The molecule has 6 heteroatoms. The quantitative estimate of drug-likeness (QED) is 0.153. The zero-order valence-corrected chi connectivity index (χ0v) is 32.6. The first-order chi connectivity index (χ1) is 32.3. The lowest BCUT2D eigenvalue weighted by molar-refractivity contribution is 1.06. The SMILES string of the molecule is [2H]c1c([2H])c([2H])c(-c2nc(-c3ccccc3)nc(-c3cc(-c4nc(-c5ccccc5)cc(-c5ccccc5)n4)ccc3-n3c4ccccc4c4ccc(-c5ccccc5)cc43)n2)c([2H])c1[2H]. The van der Waals surface area contributed by atoms with Crippen molar-refractivity contribution in [2.45, 2.75) is 0 Å². The molecule has 3 heterocycles. The van der Waals surface area contributed by atoms with Crippen LogP contribution in [0.1, 0.15) is 6.85 Å². The number of aromatic nitrogens is 6. The van der Waals surface area contributed by atoms with E-state index in [1.54, 1.807) is 0 Å². The van der Waals surface area contributed by atoms with Crippen LogP contribution in [0.25, 0.3) is 107 Å². The maximum atomic E-state index is 8.99. The number of nitrogens with zero attached hydrogens (tertiary/aromatic N) is 6. The van der Waals surface area contributed by atoms with Crippen LogP contribution >= 0.6 is 0 Å². The average molecular weight is 786 g/mol. The van der Waals surface area contributed by atoms with Crippen LogP contribution in [0.15, 0.2) is 218 Å². The predicted molar refractivity (Wildman–Crippen MR) is 248 cm³/mol. The third-order valence-corrected chi connectivity index (χ3v) is 10.8. The van der Waals surface area contributed by atoms with Gasteiger partial charge in [-0.2, -0.15) is 0 Å². The second kappa shape index (κ2) is 15.4. The molecular formula is C55H36N6. The largest absolute Gasteiger partial charge is 0.308 e. The Hall–Kier alpha value is -8.35. The lowest BCUT2D eigenvalue weighted by atomic mass is 10.0. The molecule has 3 aromatic heterocycles. The molecule has 0 aliphatic heterocycles. The normalized spacial score (nSPS) is 12.4. The fourth-order valence-electron chi connectivity index (χ4n) is 7.87. The lowest BCUT2D eigenvalue weighted by Crippen LogP contribution is -2.04. The maximum Gasteiger partial charge on any atom is 0.166 e. The smallest absolute Gasteiger partial charge is 0.166 e. The summed E-state index contributed by atoms with van der Waals surface area (Å²) in [5, 5.41) is 2.10. The Morgan fingerprint density at radius 3 is 1.49 bits per heavy atom. The van der Waals surface area contributed by atoms with Gasteiger partial charge in [0.2, 0.25) is 0 Å². The molecule has 8 aromatic carbocycles. The van der Waals surface area contributed by atoms with Crippen LogP contribution in [0.2, 0.25) is 0 Å². The maximum absolute atomic E-state index is 8.99. The highest BCUT2D eigenvalue weighted by molar-refractivity contribution is 6.10. The van der Waals surface area contributed by atoms with E-state index in [1.165, 1.54) is 0 Å². The molecule has 0 N–H and O–H groups in total. The van der Waals surface area contributed by atoms with Gasteiger partial charge in [0.15, 0.2) is 23.3 Å². The summed E-state index contributed by atoms with van der Waals surface area (Å²) < 4.78 is 45.7. The van der Waals surface area contributed by atoms with E-state index < -0.39 is 30.2 Å². The molecule has 0 saturated heterocycles. The summed E-state index contributed by atoms with van der Waals surface area (Å²) in [6.07, 6.45) is 0. The zero-order chi connectivity index (χ0) is 44.9. The zero-order valence-electron chi connectivity index (χ0n) is 37.6. The van der Waals surface area contributed by atoms with E-state index in [2.05, 4.69) is 47.0 Å². The molecule has 0 bridgehead atoms. The number of benzene rings is 8. The van der Waals surface area contributed by atoms with E-state index >= 15 is 0 Å². The Kier molecular flexibility index (Phi) is 7.77. The van der Waals surface area contributed by atoms with Crippen LogP contribution in [0, 0.1) is 0 Å². The van der Waals surface area contributed by atoms with Crippen molar-refractivity contribution >= 4 is 21.8 Å². The van der Waals surface area contributed by atoms with Gasteiger partial charge in [0.1, 0.15) is 0 Å². The van der Waals surface area contributed by atoms with E-state index in [0.717, 1.165) is 61.1 Å². The molecule has 0 unspecified atom stereocenters. The topological polar surface area (TPSA) is 69.4 Å². The standard InChI is InChI=1S/C55H36N6/c1-6-18-37(19-7-1)42-30-32-45-44-28-16-17-29-49(44)61(51(45)35-42)50-33-31-43(54-56-47(38-20-8-2-9-21-38)36-48(57-54)39-22-10-3-11-23-39)34-46(50)55-59-52(40-24-12-4-13-25-40)58-53(60-55)41-26-14-5-15-27-41/h1-36H/i4D,12D,13D,24D,25D. The van der Waals surface area contributed by atoms with Crippen LogP contribution < -0.4 is 0 Å². The van der Waals surface area contributed by atoms with Gasteiger partial charge in [-0.05, 0) is 47.5 Å². The van der Waals surface area contributed by atoms with Crippen molar-refractivity contribution in [1.29, 1.82) is 0 Å². The van der Waals surface area contributed by atoms with Gasteiger partial charge in [-0.25, -0.2) is 24.9 Å².